The van der Waals surface area contributed by atoms with Crippen molar-refractivity contribution in [1.29, 1.82) is 0 Å². The van der Waals surface area contributed by atoms with E-state index in [0.717, 1.165) is 32.7 Å². The fraction of sp³-hybridized carbons (Fsp3) is 0.167. The Kier molecular flexibility index (Phi) is 9.15. The highest BCUT2D eigenvalue weighted by molar-refractivity contribution is 7.99. The molecule has 0 aliphatic carbocycles. The Balaban J connectivity index is 1.58. The predicted octanol–water partition coefficient (Wildman–Crippen LogP) is 6.32. The molecule has 0 aromatic heterocycles. The maximum Gasteiger partial charge on any atom is 0.384 e. The first-order valence-electron chi connectivity index (χ1n) is 10.1. The average molecular weight is 508 g/mol. The van der Waals surface area contributed by atoms with Crippen molar-refractivity contribution in [3.8, 4) is 5.75 Å². The van der Waals surface area contributed by atoms with Crippen LogP contribution in [0.4, 0.5) is 4.39 Å². The average Bonchev–Trinajstić information content (AvgIpc) is 2.77. The summed E-state index contributed by atoms with van der Waals surface area (Å²) in [5.74, 6) is 0.774. The van der Waals surface area contributed by atoms with Crippen LogP contribution in [0.25, 0.3) is 0 Å². The van der Waals surface area contributed by atoms with Crippen LogP contribution < -0.4 is 10.5 Å². The molecule has 0 bridgehead atoms. The molecule has 3 rings (SSSR count). The summed E-state index contributed by atoms with van der Waals surface area (Å²) in [5.41, 5.74) is 6.16. The fourth-order valence-electron chi connectivity index (χ4n) is 2.98. The standard InChI is InChI=1S/C24H24ClFNO4PS/c25-23-15-22(12-10-18(23)9-11-19(27)13-24(26)32(28,29)30)33-21-8-4-7-20(14-21)31-16-17-5-2-1-3-6-17/h1-8,10,12-15,19H,9,11,16,27H2,(H2,28,29,30)/b24-13+. The number of aryl methyl sites for hydroxylation is 1. The van der Waals surface area contributed by atoms with Gasteiger partial charge >= 0.3 is 7.60 Å². The molecule has 4 N–H and O–H groups in total. The Labute approximate surface area is 201 Å². The van der Waals surface area contributed by atoms with E-state index in [2.05, 4.69) is 0 Å². The molecular weight excluding hydrogens is 484 g/mol. The number of nitrogens with two attached hydrogens (primary N) is 1. The molecule has 0 fully saturated rings. The van der Waals surface area contributed by atoms with Gasteiger partial charge in [-0.1, -0.05) is 65.8 Å². The van der Waals surface area contributed by atoms with E-state index >= 15 is 0 Å². The van der Waals surface area contributed by atoms with E-state index in [4.69, 9.17) is 31.9 Å². The van der Waals surface area contributed by atoms with Gasteiger partial charge in [0.1, 0.15) is 12.4 Å². The van der Waals surface area contributed by atoms with Crippen LogP contribution in [0.1, 0.15) is 17.5 Å². The van der Waals surface area contributed by atoms with E-state index in [0.29, 0.717) is 24.5 Å². The monoisotopic (exact) mass is 507 g/mol. The van der Waals surface area contributed by atoms with Crippen molar-refractivity contribution in [3.63, 3.8) is 0 Å². The van der Waals surface area contributed by atoms with E-state index < -0.39 is 19.2 Å². The molecule has 3 aromatic carbocycles. The number of benzene rings is 3. The maximum atomic E-state index is 13.4. The Hall–Kier alpha value is -2.12. The van der Waals surface area contributed by atoms with Crippen molar-refractivity contribution in [2.75, 3.05) is 0 Å². The minimum absolute atomic E-state index is 0.292. The molecule has 3 aromatic rings. The van der Waals surface area contributed by atoms with Crippen molar-refractivity contribution >= 4 is 31.0 Å². The fourth-order valence-corrected chi connectivity index (χ4v) is 4.61. The number of rotatable bonds is 10. The molecule has 0 saturated heterocycles. The van der Waals surface area contributed by atoms with Crippen molar-refractivity contribution < 1.29 is 23.5 Å². The van der Waals surface area contributed by atoms with Gasteiger partial charge in [-0.25, -0.2) is 0 Å². The molecule has 33 heavy (non-hydrogen) atoms. The summed E-state index contributed by atoms with van der Waals surface area (Å²) in [4.78, 5) is 19.5. The SMILES string of the molecule is NC(/C=C(\F)P(=O)(O)O)CCc1ccc(Sc2cccc(OCc3ccccc3)c2)cc1Cl. The molecule has 0 aliphatic heterocycles. The van der Waals surface area contributed by atoms with Crippen LogP contribution in [0.3, 0.4) is 0 Å². The summed E-state index contributed by atoms with van der Waals surface area (Å²) in [6.45, 7) is 0.491. The van der Waals surface area contributed by atoms with Gasteiger partial charge < -0.3 is 20.3 Å². The van der Waals surface area contributed by atoms with Gasteiger partial charge in [0.15, 0.2) is 0 Å². The minimum Gasteiger partial charge on any atom is -0.489 e. The number of hydrogen-bond donors (Lipinski definition) is 3. The summed E-state index contributed by atoms with van der Waals surface area (Å²) in [6, 6.07) is 22.6. The third-order valence-electron chi connectivity index (χ3n) is 4.69. The second-order valence-corrected chi connectivity index (χ2v) is 10.4. The van der Waals surface area contributed by atoms with Gasteiger partial charge in [0, 0.05) is 20.9 Å². The van der Waals surface area contributed by atoms with Gasteiger partial charge in [-0.2, -0.15) is 4.39 Å². The normalized spacial score (nSPS) is 13.1. The molecule has 1 atom stereocenters. The second kappa shape index (κ2) is 11.8. The zero-order chi connectivity index (χ0) is 23.8. The van der Waals surface area contributed by atoms with Crippen LogP contribution in [0.5, 0.6) is 5.75 Å². The topological polar surface area (TPSA) is 92.8 Å². The molecule has 9 heteroatoms. The Morgan fingerprint density at radius 3 is 2.52 bits per heavy atom. The zero-order valence-electron chi connectivity index (χ0n) is 17.6. The van der Waals surface area contributed by atoms with Crippen molar-refractivity contribution in [2.24, 2.45) is 5.73 Å². The molecule has 0 heterocycles. The summed E-state index contributed by atoms with van der Waals surface area (Å²) in [5, 5.41) is 0.545. The molecule has 0 amide bonds. The van der Waals surface area contributed by atoms with Crippen LogP contribution in [-0.4, -0.2) is 15.8 Å². The number of halogens is 2. The van der Waals surface area contributed by atoms with Gasteiger partial charge in [-0.15, -0.1) is 0 Å². The first kappa shape index (κ1) is 25.5. The molecule has 0 radical (unpaired) electrons. The van der Waals surface area contributed by atoms with E-state index in [-0.39, 0.29) is 0 Å². The van der Waals surface area contributed by atoms with Gasteiger partial charge in [-0.05, 0) is 60.4 Å². The summed E-state index contributed by atoms with van der Waals surface area (Å²) >= 11 is 7.96. The predicted molar refractivity (Wildman–Crippen MR) is 130 cm³/mol. The first-order valence-corrected chi connectivity index (χ1v) is 12.9. The maximum absolute atomic E-state index is 13.4. The molecule has 0 spiro atoms. The highest BCUT2D eigenvalue weighted by Gasteiger charge is 2.21. The quantitative estimate of drug-likeness (QED) is 0.278. The number of hydrogen-bond acceptors (Lipinski definition) is 4. The lowest BCUT2D eigenvalue weighted by atomic mass is 10.1. The lowest BCUT2D eigenvalue weighted by Gasteiger charge is -2.11. The Morgan fingerprint density at radius 2 is 1.82 bits per heavy atom. The molecular formula is C24H24ClFNO4PS. The molecule has 0 aliphatic rings. The van der Waals surface area contributed by atoms with Gasteiger partial charge in [-0.3, -0.25) is 4.57 Å². The molecule has 1 unspecified atom stereocenters. The first-order chi connectivity index (χ1) is 15.7. The van der Waals surface area contributed by atoms with Crippen LogP contribution in [-0.2, 0) is 17.6 Å². The third kappa shape index (κ3) is 8.31. The lowest BCUT2D eigenvalue weighted by molar-refractivity contribution is 0.305. The Morgan fingerprint density at radius 1 is 1.09 bits per heavy atom. The van der Waals surface area contributed by atoms with E-state index in [1.165, 1.54) is 0 Å². The van der Waals surface area contributed by atoms with Crippen molar-refractivity contribution in [3.05, 3.63) is 101 Å². The third-order valence-corrected chi connectivity index (χ3v) is 6.73. The smallest absolute Gasteiger partial charge is 0.384 e. The molecule has 5 nitrogen and oxygen atoms in total. The molecule has 0 saturated carbocycles. The van der Waals surface area contributed by atoms with Crippen molar-refractivity contribution in [2.45, 2.75) is 35.3 Å². The van der Waals surface area contributed by atoms with E-state index in [1.54, 1.807) is 11.8 Å². The zero-order valence-corrected chi connectivity index (χ0v) is 20.1. The molecule has 174 valence electrons. The highest BCUT2D eigenvalue weighted by atomic mass is 35.5. The summed E-state index contributed by atoms with van der Waals surface area (Å²) in [7, 11) is -4.90. The summed E-state index contributed by atoms with van der Waals surface area (Å²) < 4.78 is 30.1. The lowest BCUT2D eigenvalue weighted by Crippen LogP contribution is -2.18. The van der Waals surface area contributed by atoms with Crippen LogP contribution in [0.2, 0.25) is 5.02 Å². The van der Waals surface area contributed by atoms with E-state index in [1.807, 2.05) is 72.8 Å². The van der Waals surface area contributed by atoms with Gasteiger partial charge in [0.05, 0.1) is 0 Å². The van der Waals surface area contributed by atoms with Crippen LogP contribution >= 0.6 is 31.0 Å². The largest absolute Gasteiger partial charge is 0.489 e. The summed E-state index contributed by atoms with van der Waals surface area (Å²) in [6.07, 6.45) is 1.49. The number of ether oxygens (including phenoxy) is 1. The van der Waals surface area contributed by atoms with Crippen LogP contribution in [0, 0.1) is 0 Å². The van der Waals surface area contributed by atoms with Gasteiger partial charge in [0.25, 0.3) is 0 Å². The second-order valence-electron chi connectivity index (χ2n) is 7.34. The van der Waals surface area contributed by atoms with Crippen LogP contribution in [0.15, 0.2) is 94.2 Å². The highest BCUT2D eigenvalue weighted by Crippen LogP contribution is 2.45. The van der Waals surface area contributed by atoms with Gasteiger partial charge in [0.2, 0.25) is 5.57 Å². The van der Waals surface area contributed by atoms with E-state index in [9.17, 15) is 8.96 Å². The Bertz CT molecular complexity index is 1160. The van der Waals surface area contributed by atoms with Crippen molar-refractivity contribution in [1.82, 2.24) is 0 Å². The minimum atomic E-state index is -4.90.